The summed E-state index contributed by atoms with van der Waals surface area (Å²) in [6, 6.07) is 11.9. The average Bonchev–Trinajstić information content (AvgIpc) is 2.38. The Labute approximate surface area is 129 Å². The van der Waals surface area contributed by atoms with E-state index in [9.17, 15) is 0 Å². The number of benzene rings is 2. The Morgan fingerprint density at radius 3 is 2.50 bits per heavy atom. The first-order valence-corrected chi connectivity index (χ1v) is 7.40. The fourth-order valence-corrected chi connectivity index (χ4v) is 3.30. The van der Waals surface area contributed by atoms with Gasteiger partial charge in [-0.1, -0.05) is 29.3 Å². The van der Waals surface area contributed by atoms with Crippen molar-refractivity contribution in [2.45, 2.75) is 19.5 Å². The minimum Gasteiger partial charge on any atom is -0.399 e. The van der Waals surface area contributed by atoms with Crippen molar-refractivity contribution in [3.8, 4) is 0 Å². The van der Waals surface area contributed by atoms with Crippen LogP contribution in [0.2, 0.25) is 10.0 Å². The molecule has 0 amide bonds. The quantitative estimate of drug-likeness (QED) is 0.845. The summed E-state index contributed by atoms with van der Waals surface area (Å²) in [6.45, 7) is 2.84. The molecule has 0 radical (unpaired) electrons. The van der Waals surface area contributed by atoms with Crippen LogP contribution in [0, 0.1) is 0 Å². The van der Waals surface area contributed by atoms with Gasteiger partial charge in [0, 0.05) is 35.4 Å². The Morgan fingerprint density at radius 2 is 1.75 bits per heavy atom. The van der Waals surface area contributed by atoms with Gasteiger partial charge < -0.3 is 5.73 Å². The third-order valence-corrected chi connectivity index (χ3v) is 4.09. The van der Waals surface area contributed by atoms with Crippen LogP contribution in [0.4, 0.5) is 5.69 Å². The van der Waals surface area contributed by atoms with Gasteiger partial charge in [0.05, 0.1) is 0 Å². The molecule has 2 N–H and O–H groups in total. The molecule has 0 aromatic heterocycles. The van der Waals surface area contributed by atoms with E-state index in [1.54, 1.807) is 6.07 Å². The van der Waals surface area contributed by atoms with E-state index in [0.717, 1.165) is 37.3 Å². The maximum Gasteiger partial charge on any atom is 0.0424 e. The molecular weight excluding hydrogens is 291 g/mol. The zero-order valence-corrected chi connectivity index (χ0v) is 12.6. The van der Waals surface area contributed by atoms with E-state index in [0.29, 0.717) is 10.0 Å². The first-order valence-electron chi connectivity index (χ1n) is 6.65. The van der Waals surface area contributed by atoms with Gasteiger partial charge in [0.2, 0.25) is 0 Å². The van der Waals surface area contributed by atoms with E-state index in [1.165, 1.54) is 11.1 Å². The lowest BCUT2D eigenvalue weighted by atomic mass is 9.98. The number of hydrogen-bond donors (Lipinski definition) is 1. The standard InChI is InChI=1S/C16H16Cl2N2/c17-14-5-11(6-15(18)8-14)9-20-4-3-12-7-16(19)2-1-13(12)10-20/h1-2,5-8H,3-4,9-10,19H2. The molecule has 2 nitrogen and oxygen atoms in total. The lowest BCUT2D eigenvalue weighted by Crippen LogP contribution is -2.30. The number of anilines is 1. The average molecular weight is 307 g/mol. The number of fused-ring (bicyclic) bond motifs is 1. The van der Waals surface area contributed by atoms with Crippen molar-refractivity contribution in [2.75, 3.05) is 12.3 Å². The fourth-order valence-electron chi connectivity index (χ4n) is 2.73. The maximum atomic E-state index is 6.05. The van der Waals surface area contributed by atoms with Gasteiger partial charge in [0.15, 0.2) is 0 Å². The smallest absolute Gasteiger partial charge is 0.0424 e. The molecule has 0 unspecified atom stereocenters. The van der Waals surface area contributed by atoms with Crippen LogP contribution >= 0.6 is 23.2 Å². The SMILES string of the molecule is Nc1ccc2c(c1)CCN(Cc1cc(Cl)cc(Cl)c1)C2. The molecule has 2 aromatic carbocycles. The summed E-state index contributed by atoms with van der Waals surface area (Å²) < 4.78 is 0. The molecule has 0 aliphatic carbocycles. The highest BCUT2D eigenvalue weighted by atomic mass is 35.5. The van der Waals surface area contributed by atoms with Crippen LogP contribution in [-0.2, 0) is 19.5 Å². The Morgan fingerprint density at radius 1 is 1.00 bits per heavy atom. The largest absolute Gasteiger partial charge is 0.399 e. The first-order chi connectivity index (χ1) is 9.60. The fraction of sp³-hybridized carbons (Fsp3) is 0.250. The minimum absolute atomic E-state index is 0.692. The Bertz CT molecular complexity index is 620. The van der Waals surface area contributed by atoms with Crippen LogP contribution in [0.5, 0.6) is 0 Å². The molecule has 0 atom stereocenters. The molecule has 2 aromatic rings. The summed E-state index contributed by atoms with van der Waals surface area (Å²) in [5.74, 6) is 0. The Kier molecular flexibility index (Phi) is 3.88. The molecule has 4 heteroatoms. The van der Waals surface area contributed by atoms with E-state index in [-0.39, 0.29) is 0 Å². The van der Waals surface area contributed by atoms with Gasteiger partial charge >= 0.3 is 0 Å². The molecule has 0 saturated carbocycles. The highest BCUT2D eigenvalue weighted by Crippen LogP contribution is 2.24. The highest BCUT2D eigenvalue weighted by Gasteiger charge is 2.16. The third kappa shape index (κ3) is 3.09. The van der Waals surface area contributed by atoms with Gasteiger partial charge in [-0.05, 0) is 53.4 Å². The molecule has 20 heavy (non-hydrogen) atoms. The minimum atomic E-state index is 0.692. The lowest BCUT2D eigenvalue weighted by Gasteiger charge is -2.29. The predicted molar refractivity (Wildman–Crippen MR) is 85.1 cm³/mol. The van der Waals surface area contributed by atoms with Crippen molar-refractivity contribution in [3.63, 3.8) is 0 Å². The molecule has 1 aliphatic heterocycles. The zero-order valence-electron chi connectivity index (χ0n) is 11.1. The van der Waals surface area contributed by atoms with Crippen LogP contribution in [0.3, 0.4) is 0 Å². The van der Waals surface area contributed by atoms with Crippen LogP contribution in [0.25, 0.3) is 0 Å². The number of hydrogen-bond acceptors (Lipinski definition) is 2. The molecule has 0 spiro atoms. The monoisotopic (exact) mass is 306 g/mol. The van der Waals surface area contributed by atoms with E-state index < -0.39 is 0 Å². The van der Waals surface area contributed by atoms with Crippen LogP contribution in [0.15, 0.2) is 36.4 Å². The predicted octanol–water partition coefficient (Wildman–Crippen LogP) is 4.13. The summed E-state index contributed by atoms with van der Waals surface area (Å²) in [5, 5.41) is 1.38. The van der Waals surface area contributed by atoms with Gasteiger partial charge in [-0.2, -0.15) is 0 Å². The third-order valence-electron chi connectivity index (χ3n) is 3.65. The zero-order chi connectivity index (χ0) is 14.1. The summed E-state index contributed by atoms with van der Waals surface area (Å²) in [6.07, 6.45) is 1.04. The summed E-state index contributed by atoms with van der Waals surface area (Å²) in [4.78, 5) is 2.40. The first kappa shape index (κ1) is 13.7. The second kappa shape index (κ2) is 5.65. The number of nitrogens with two attached hydrogens (primary N) is 1. The van der Waals surface area contributed by atoms with Crippen LogP contribution < -0.4 is 5.73 Å². The van der Waals surface area contributed by atoms with E-state index in [4.69, 9.17) is 28.9 Å². The molecule has 0 bridgehead atoms. The normalized spacial score (nSPS) is 15.1. The number of halogens is 2. The maximum absolute atomic E-state index is 6.05. The second-order valence-electron chi connectivity index (χ2n) is 5.27. The van der Waals surface area contributed by atoms with E-state index in [1.807, 2.05) is 18.2 Å². The van der Waals surface area contributed by atoms with Crippen molar-refractivity contribution < 1.29 is 0 Å². The number of nitrogen functional groups attached to an aromatic ring is 1. The molecule has 0 saturated heterocycles. The van der Waals surface area contributed by atoms with Crippen LogP contribution in [-0.4, -0.2) is 11.4 Å². The number of rotatable bonds is 2. The summed E-state index contributed by atoms with van der Waals surface area (Å²) in [7, 11) is 0. The van der Waals surface area contributed by atoms with Gasteiger partial charge in [-0.15, -0.1) is 0 Å². The van der Waals surface area contributed by atoms with Gasteiger partial charge in [-0.25, -0.2) is 0 Å². The van der Waals surface area contributed by atoms with Crippen LogP contribution in [0.1, 0.15) is 16.7 Å². The van der Waals surface area contributed by atoms with E-state index >= 15 is 0 Å². The van der Waals surface area contributed by atoms with Crippen molar-refractivity contribution in [2.24, 2.45) is 0 Å². The Hall–Kier alpha value is -1.22. The van der Waals surface area contributed by atoms with Gasteiger partial charge in [0.25, 0.3) is 0 Å². The highest BCUT2D eigenvalue weighted by molar-refractivity contribution is 6.34. The summed E-state index contributed by atoms with van der Waals surface area (Å²) >= 11 is 12.1. The van der Waals surface area contributed by atoms with Crippen molar-refractivity contribution in [3.05, 3.63) is 63.1 Å². The Balaban J connectivity index is 1.75. The number of nitrogens with zero attached hydrogens (tertiary/aromatic N) is 1. The van der Waals surface area contributed by atoms with E-state index in [2.05, 4.69) is 17.0 Å². The van der Waals surface area contributed by atoms with Gasteiger partial charge in [0.1, 0.15) is 0 Å². The topological polar surface area (TPSA) is 29.3 Å². The van der Waals surface area contributed by atoms with Crippen molar-refractivity contribution in [1.82, 2.24) is 4.90 Å². The molecule has 1 aliphatic rings. The molecule has 0 fully saturated rings. The molecular formula is C16H16Cl2N2. The van der Waals surface area contributed by atoms with Crippen molar-refractivity contribution >= 4 is 28.9 Å². The summed E-state index contributed by atoms with van der Waals surface area (Å²) in [5.41, 5.74) is 10.6. The van der Waals surface area contributed by atoms with Crippen molar-refractivity contribution in [1.29, 1.82) is 0 Å². The second-order valence-corrected chi connectivity index (χ2v) is 6.14. The van der Waals surface area contributed by atoms with Gasteiger partial charge in [-0.3, -0.25) is 4.90 Å². The molecule has 104 valence electrons. The molecule has 3 rings (SSSR count). The molecule has 1 heterocycles. The lowest BCUT2D eigenvalue weighted by molar-refractivity contribution is 0.245.